The van der Waals surface area contributed by atoms with Gasteiger partial charge in [0, 0.05) is 0 Å². The summed E-state index contributed by atoms with van der Waals surface area (Å²) in [5.41, 5.74) is 0. The van der Waals surface area contributed by atoms with Crippen LogP contribution in [0.5, 0.6) is 0 Å². The Hall–Kier alpha value is -0.770. The van der Waals surface area contributed by atoms with Gasteiger partial charge in [0.25, 0.3) is 0 Å². The molecule has 0 aromatic heterocycles. The fraction of sp³-hybridized carbons (Fsp3) is 0.833. The zero-order chi connectivity index (χ0) is 7.14. The summed E-state index contributed by atoms with van der Waals surface area (Å²) in [6.45, 7) is 0. The summed E-state index contributed by atoms with van der Waals surface area (Å²) in [7, 11) is 0. The molecule has 1 heterocycles. The molecule has 0 bridgehead atoms. The Kier molecular flexibility index (Phi) is 1.11. The lowest BCUT2D eigenvalue weighted by Crippen LogP contribution is -2.19. The lowest BCUT2D eigenvalue weighted by Gasteiger charge is -2.07. The molecule has 0 amide bonds. The Bertz CT molecular complexity index is 167. The molecule has 2 fully saturated rings. The molecule has 2 aliphatic rings. The lowest BCUT2D eigenvalue weighted by molar-refractivity contribution is 0.0345. The highest BCUT2D eigenvalue weighted by Gasteiger charge is 2.52. The number of hydrogen-bond donors (Lipinski definition) is 1. The molecule has 3 atom stereocenters. The van der Waals surface area contributed by atoms with Gasteiger partial charge in [0.1, 0.15) is 12.2 Å². The summed E-state index contributed by atoms with van der Waals surface area (Å²) in [4.78, 5) is 10.0. The van der Waals surface area contributed by atoms with E-state index in [-0.39, 0.29) is 12.2 Å². The molecule has 4 heteroatoms. The molecule has 1 saturated carbocycles. The molecule has 1 aliphatic heterocycles. The molecule has 0 aromatic rings. The smallest absolute Gasteiger partial charge is 0.450 e. The fourth-order valence-electron chi connectivity index (χ4n) is 1.46. The average Bonchev–Trinajstić information content (AvgIpc) is 2.52. The summed E-state index contributed by atoms with van der Waals surface area (Å²) in [6.07, 6.45) is 0.758. The van der Waals surface area contributed by atoms with Crippen LogP contribution >= 0.6 is 0 Å². The Labute approximate surface area is 57.7 Å². The topological polar surface area (TPSA) is 59.1 Å². The molecule has 0 radical (unpaired) electrons. The highest BCUT2D eigenvalue weighted by atomic mass is 16.7. The van der Waals surface area contributed by atoms with Crippen LogP contribution < -0.4 is 0 Å². The van der Waals surface area contributed by atoms with E-state index in [0.29, 0.717) is 6.10 Å². The molecule has 4 nitrogen and oxygen atoms in total. The van der Waals surface area contributed by atoms with Gasteiger partial charge in [-0.05, 0) is 12.8 Å². The summed E-state index contributed by atoms with van der Waals surface area (Å²) in [5, 5.41) is 8.23. The largest absolute Gasteiger partial charge is 0.506 e. The minimum atomic E-state index is -1.19. The van der Waals surface area contributed by atoms with Gasteiger partial charge in [-0.1, -0.05) is 0 Å². The van der Waals surface area contributed by atoms with E-state index in [1.807, 2.05) is 0 Å². The van der Waals surface area contributed by atoms with Crippen LogP contribution in [0.25, 0.3) is 0 Å². The third-order valence-corrected chi connectivity index (χ3v) is 1.98. The van der Waals surface area contributed by atoms with Crippen LogP contribution in [0.3, 0.4) is 0 Å². The maximum atomic E-state index is 10.0. The van der Waals surface area contributed by atoms with Gasteiger partial charge < -0.3 is 14.6 Å². The number of carbonyl (C=O) groups is 1. The highest BCUT2D eigenvalue weighted by Crippen LogP contribution is 2.40. The summed E-state index contributed by atoms with van der Waals surface area (Å²) >= 11 is 0. The first kappa shape index (κ1) is 5.97. The van der Waals surface area contributed by atoms with Gasteiger partial charge in [-0.25, -0.2) is 4.79 Å². The first-order valence-corrected chi connectivity index (χ1v) is 3.32. The molecule has 3 unspecified atom stereocenters. The van der Waals surface area contributed by atoms with E-state index in [0.717, 1.165) is 12.8 Å². The first-order valence-electron chi connectivity index (χ1n) is 3.32. The second kappa shape index (κ2) is 1.85. The number of rotatable bonds is 1. The Morgan fingerprint density at radius 1 is 1.60 bits per heavy atom. The molecule has 2 rings (SSSR count). The molecule has 1 saturated heterocycles. The van der Waals surface area contributed by atoms with Crippen molar-refractivity contribution in [3.63, 3.8) is 0 Å². The van der Waals surface area contributed by atoms with Gasteiger partial charge in [-0.2, -0.15) is 0 Å². The van der Waals surface area contributed by atoms with Crippen molar-refractivity contribution in [1.29, 1.82) is 0 Å². The average molecular weight is 144 g/mol. The summed E-state index contributed by atoms with van der Waals surface area (Å²) in [6, 6.07) is 0. The maximum absolute atomic E-state index is 10.0. The second-order valence-corrected chi connectivity index (χ2v) is 2.64. The maximum Gasteiger partial charge on any atom is 0.506 e. The number of carboxylic acid groups (broad SMARTS) is 1. The SMILES string of the molecule is O=C(O)OC1CCC2OC12. The summed E-state index contributed by atoms with van der Waals surface area (Å²) in [5.74, 6) is 0. The summed E-state index contributed by atoms with van der Waals surface area (Å²) < 4.78 is 9.63. The molecule has 56 valence electrons. The zero-order valence-electron chi connectivity index (χ0n) is 5.32. The Morgan fingerprint density at radius 3 is 2.80 bits per heavy atom. The predicted molar refractivity (Wildman–Crippen MR) is 30.8 cm³/mol. The second-order valence-electron chi connectivity index (χ2n) is 2.64. The standard InChI is InChI=1S/C6H8O4/c7-6(8)10-4-2-1-3-5(4)9-3/h3-5H,1-2H2,(H,7,8). The van der Waals surface area contributed by atoms with E-state index in [4.69, 9.17) is 9.84 Å². The van der Waals surface area contributed by atoms with E-state index in [9.17, 15) is 4.79 Å². The van der Waals surface area contributed by atoms with Gasteiger partial charge in [0.2, 0.25) is 0 Å². The number of epoxide rings is 1. The van der Waals surface area contributed by atoms with Crippen molar-refractivity contribution in [2.75, 3.05) is 0 Å². The molecular weight excluding hydrogens is 136 g/mol. The van der Waals surface area contributed by atoms with Crippen molar-refractivity contribution in [2.45, 2.75) is 31.2 Å². The van der Waals surface area contributed by atoms with Crippen molar-refractivity contribution in [3.05, 3.63) is 0 Å². The van der Waals surface area contributed by atoms with E-state index < -0.39 is 6.16 Å². The fourth-order valence-corrected chi connectivity index (χ4v) is 1.46. The quantitative estimate of drug-likeness (QED) is 0.432. The third-order valence-electron chi connectivity index (χ3n) is 1.98. The van der Waals surface area contributed by atoms with Gasteiger partial charge in [0.05, 0.1) is 6.10 Å². The Balaban J connectivity index is 1.88. The minimum Gasteiger partial charge on any atom is -0.450 e. The van der Waals surface area contributed by atoms with Crippen molar-refractivity contribution in [1.82, 2.24) is 0 Å². The molecule has 0 spiro atoms. The van der Waals surface area contributed by atoms with Crippen LogP contribution in [0, 0.1) is 0 Å². The van der Waals surface area contributed by atoms with Crippen molar-refractivity contribution < 1.29 is 19.4 Å². The van der Waals surface area contributed by atoms with E-state index in [1.54, 1.807) is 0 Å². The van der Waals surface area contributed by atoms with Crippen LogP contribution in [0.4, 0.5) is 4.79 Å². The minimum absolute atomic E-state index is 0.0797. The van der Waals surface area contributed by atoms with Gasteiger partial charge >= 0.3 is 6.16 Å². The van der Waals surface area contributed by atoms with Crippen LogP contribution in [0.2, 0.25) is 0 Å². The van der Waals surface area contributed by atoms with Gasteiger partial charge in [0.15, 0.2) is 0 Å². The zero-order valence-corrected chi connectivity index (χ0v) is 5.32. The molecule has 10 heavy (non-hydrogen) atoms. The van der Waals surface area contributed by atoms with Crippen molar-refractivity contribution in [2.24, 2.45) is 0 Å². The van der Waals surface area contributed by atoms with Gasteiger partial charge in [-0.3, -0.25) is 0 Å². The van der Waals surface area contributed by atoms with Gasteiger partial charge in [-0.15, -0.1) is 0 Å². The first-order chi connectivity index (χ1) is 4.77. The Morgan fingerprint density at radius 2 is 2.40 bits per heavy atom. The molecule has 1 aliphatic carbocycles. The van der Waals surface area contributed by atoms with Crippen molar-refractivity contribution >= 4 is 6.16 Å². The van der Waals surface area contributed by atoms with Crippen LogP contribution in [-0.4, -0.2) is 29.6 Å². The number of hydrogen-bond acceptors (Lipinski definition) is 3. The number of ether oxygens (including phenoxy) is 2. The highest BCUT2D eigenvalue weighted by molar-refractivity contribution is 5.57. The normalized spacial score (nSPS) is 42.6. The number of fused-ring (bicyclic) bond motifs is 1. The van der Waals surface area contributed by atoms with E-state index in [1.165, 1.54) is 0 Å². The monoisotopic (exact) mass is 144 g/mol. The molecule has 0 aromatic carbocycles. The van der Waals surface area contributed by atoms with E-state index >= 15 is 0 Å². The molecule has 1 N–H and O–H groups in total. The van der Waals surface area contributed by atoms with E-state index in [2.05, 4.69) is 4.74 Å². The lowest BCUT2D eigenvalue weighted by atomic mass is 10.3. The van der Waals surface area contributed by atoms with Crippen LogP contribution in [-0.2, 0) is 9.47 Å². The predicted octanol–water partition coefficient (Wildman–Crippen LogP) is 0.611. The van der Waals surface area contributed by atoms with Crippen LogP contribution in [0.1, 0.15) is 12.8 Å². The third kappa shape index (κ3) is 0.844. The molecular formula is C6H8O4. The van der Waals surface area contributed by atoms with Crippen molar-refractivity contribution in [3.8, 4) is 0 Å². The van der Waals surface area contributed by atoms with Crippen LogP contribution in [0.15, 0.2) is 0 Å².